The van der Waals surface area contributed by atoms with Crippen LogP contribution in [-0.2, 0) is 0 Å². The van der Waals surface area contributed by atoms with Crippen molar-refractivity contribution >= 4 is 33.3 Å². The van der Waals surface area contributed by atoms with Crippen molar-refractivity contribution < 1.29 is 4.79 Å². The van der Waals surface area contributed by atoms with Gasteiger partial charge < -0.3 is 10.6 Å². The van der Waals surface area contributed by atoms with Gasteiger partial charge in [-0.1, -0.05) is 22.0 Å². The molecule has 0 unspecified atom stereocenters. The summed E-state index contributed by atoms with van der Waals surface area (Å²) in [6, 6.07) is 9.29. The van der Waals surface area contributed by atoms with E-state index in [9.17, 15) is 4.79 Å². The maximum atomic E-state index is 12.2. The van der Waals surface area contributed by atoms with Crippen LogP contribution < -0.4 is 10.6 Å². The average molecular weight is 362 g/mol. The molecule has 0 bridgehead atoms. The molecule has 22 heavy (non-hydrogen) atoms. The van der Waals surface area contributed by atoms with Crippen LogP contribution in [0.2, 0.25) is 0 Å². The predicted octanol–water partition coefficient (Wildman–Crippen LogP) is 4.62. The van der Waals surface area contributed by atoms with E-state index in [0.29, 0.717) is 5.56 Å². The Bertz CT molecular complexity index is 675. The van der Waals surface area contributed by atoms with Crippen LogP contribution >= 0.6 is 15.9 Å². The standard InChI is InChI=1S/C17H20BrN3O/c1-11-5-7-13(9-14(11)18)20-16(22)12-6-8-15(19-10-12)21-17(2,3)4/h5-10H,1-4H3,(H,19,21)(H,20,22). The molecule has 0 fully saturated rings. The number of hydrogen-bond donors (Lipinski definition) is 2. The summed E-state index contributed by atoms with van der Waals surface area (Å²) in [6.45, 7) is 8.18. The van der Waals surface area contributed by atoms with Gasteiger partial charge in [0.25, 0.3) is 5.91 Å². The highest BCUT2D eigenvalue weighted by molar-refractivity contribution is 9.10. The van der Waals surface area contributed by atoms with E-state index < -0.39 is 0 Å². The van der Waals surface area contributed by atoms with Crippen molar-refractivity contribution in [3.63, 3.8) is 0 Å². The summed E-state index contributed by atoms with van der Waals surface area (Å²) in [7, 11) is 0. The third-order valence-corrected chi connectivity index (χ3v) is 3.81. The third-order valence-electron chi connectivity index (χ3n) is 2.96. The van der Waals surface area contributed by atoms with Crippen LogP contribution in [-0.4, -0.2) is 16.4 Å². The summed E-state index contributed by atoms with van der Waals surface area (Å²) in [4.78, 5) is 16.5. The average Bonchev–Trinajstić information content (AvgIpc) is 2.42. The lowest BCUT2D eigenvalue weighted by molar-refractivity contribution is 0.102. The molecule has 0 saturated carbocycles. The molecule has 0 spiro atoms. The molecular formula is C17H20BrN3O. The Labute approximate surface area is 139 Å². The topological polar surface area (TPSA) is 54.0 Å². The van der Waals surface area contributed by atoms with Gasteiger partial charge in [-0.2, -0.15) is 0 Å². The lowest BCUT2D eigenvalue weighted by atomic mass is 10.1. The number of benzene rings is 1. The Morgan fingerprint density at radius 2 is 1.91 bits per heavy atom. The van der Waals surface area contributed by atoms with Crippen molar-refractivity contribution in [3.8, 4) is 0 Å². The molecule has 1 aromatic carbocycles. The summed E-state index contributed by atoms with van der Waals surface area (Å²) in [5.74, 6) is 0.577. The maximum absolute atomic E-state index is 12.2. The molecule has 0 saturated heterocycles. The van der Waals surface area contributed by atoms with Gasteiger partial charge in [-0.15, -0.1) is 0 Å². The minimum Gasteiger partial charge on any atom is -0.365 e. The first-order valence-corrected chi connectivity index (χ1v) is 7.86. The van der Waals surface area contributed by atoms with Crippen molar-refractivity contribution in [1.82, 2.24) is 4.98 Å². The Hall–Kier alpha value is -1.88. The number of anilines is 2. The highest BCUT2D eigenvalue weighted by atomic mass is 79.9. The Morgan fingerprint density at radius 3 is 2.45 bits per heavy atom. The molecule has 4 nitrogen and oxygen atoms in total. The van der Waals surface area contributed by atoms with Gasteiger partial charge in [0, 0.05) is 21.9 Å². The van der Waals surface area contributed by atoms with Gasteiger partial charge in [-0.3, -0.25) is 4.79 Å². The molecule has 2 rings (SSSR count). The molecule has 116 valence electrons. The number of aromatic nitrogens is 1. The van der Waals surface area contributed by atoms with Crippen LogP contribution in [0.3, 0.4) is 0 Å². The minimum atomic E-state index is -0.175. The van der Waals surface area contributed by atoms with Crippen molar-refractivity contribution in [2.75, 3.05) is 10.6 Å². The van der Waals surface area contributed by atoms with Gasteiger partial charge in [-0.25, -0.2) is 4.98 Å². The van der Waals surface area contributed by atoms with E-state index in [0.717, 1.165) is 21.5 Å². The SMILES string of the molecule is Cc1ccc(NC(=O)c2ccc(NC(C)(C)C)nc2)cc1Br. The Kier molecular flexibility index (Phi) is 4.86. The highest BCUT2D eigenvalue weighted by Gasteiger charge is 2.11. The lowest BCUT2D eigenvalue weighted by Crippen LogP contribution is -2.26. The normalized spacial score (nSPS) is 11.1. The van der Waals surface area contributed by atoms with Gasteiger partial charge in [0.2, 0.25) is 0 Å². The molecule has 5 heteroatoms. The number of amides is 1. The fraction of sp³-hybridized carbons (Fsp3) is 0.294. The van der Waals surface area contributed by atoms with E-state index in [1.807, 2.05) is 31.2 Å². The zero-order chi connectivity index (χ0) is 16.3. The summed E-state index contributed by atoms with van der Waals surface area (Å²) >= 11 is 3.46. The Morgan fingerprint density at radius 1 is 1.18 bits per heavy atom. The zero-order valence-corrected chi connectivity index (χ0v) is 14.8. The van der Waals surface area contributed by atoms with Crippen molar-refractivity contribution in [1.29, 1.82) is 0 Å². The van der Waals surface area contributed by atoms with Crippen molar-refractivity contribution in [2.45, 2.75) is 33.2 Å². The van der Waals surface area contributed by atoms with Crippen LogP contribution in [0.15, 0.2) is 41.0 Å². The van der Waals surface area contributed by atoms with E-state index >= 15 is 0 Å². The number of nitrogens with one attached hydrogen (secondary N) is 2. The van der Waals surface area contributed by atoms with Crippen molar-refractivity contribution in [3.05, 3.63) is 52.1 Å². The second-order valence-corrected chi connectivity index (χ2v) is 7.08. The quantitative estimate of drug-likeness (QED) is 0.838. The molecule has 2 aromatic rings. The number of pyridine rings is 1. The molecule has 1 amide bonds. The monoisotopic (exact) mass is 361 g/mol. The number of rotatable bonds is 3. The smallest absolute Gasteiger partial charge is 0.257 e. The van der Waals surface area contributed by atoms with E-state index in [1.165, 1.54) is 0 Å². The number of hydrogen-bond acceptors (Lipinski definition) is 3. The van der Waals surface area contributed by atoms with Gasteiger partial charge in [0.15, 0.2) is 0 Å². The molecule has 1 heterocycles. The third kappa shape index (κ3) is 4.56. The first kappa shape index (κ1) is 16.5. The number of halogens is 1. The van der Waals surface area contributed by atoms with E-state index in [4.69, 9.17) is 0 Å². The van der Waals surface area contributed by atoms with E-state index in [1.54, 1.807) is 12.3 Å². The highest BCUT2D eigenvalue weighted by Crippen LogP contribution is 2.21. The molecule has 0 atom stereocenters. The van der Waals surface area contributed by atoms with Crippen LogP contribution in [0.5, 0.6) is 0 Å². The molecule has 0 aliphatic rings. The molecular weight excluding hydrogens is 342 g/mol. The fourth-order valence-corrected chi connectivity index (χ4v) is 2.24. The number of aryl methyl sites for hydroxylation is 1. The number of carbonyl (C=O) groups excluding carboxylic acids is 1. The molecule has 2 N–H and O–H groups in total. The first-order valence-electron chi connectivity index (χ1n) is 7.06. The second-order valence-electron chi connectivity index (χ2n) is 6.23. The molecule has 0 aliphatic heterocycles. The van der Waals surface area contributed by atoms with Gasteiger partial charge in [0.1, 0.15) is 5.82 Å². The summed E-state index contributed by atoms with van der Waals surface area (Å²) in [6.07, 6.45) is 1.58. The summed E-state index contributed by atoms with van der Waals surface area (Å²) in [5, 5.41) is 6.13. The summed E-state index contributed by atoms with van der Waals surface area (Å²) < 4.78 is 0.966. The van der Waals surface area contributed by atoms with Crippen LogP contribution in [0.1, 0.15) is 36.7 Å². The molecule has 0 aliphatic carbocycles. The molecule has 1 aromatic heterocycles. The summed E-state index contributed by atoms with van der Waals surface area (Å²) in [5.41, 5.74) is 2.33. The van der Waals surface area contributed by atoms with Gasteiger partial charge >= 0.3 is 0 Å². The first-order chi connectivity index (χ1) is 10.2. The lowest BCUT2D eigenvalue weighted by Gasteiger charge is -2.21. The number of nitrogens with zero attached hydrogens (tertiary/aromatic N) is 1. The van der Waals surface area contributed by atoms with Crippen molar-refractivity contribution in [2.24, 2.45) is 0 Å². The Balaban J connectivity index is 2.08. The van der Waals surface area contributed by atoms with Crippen LogP contribution in [0, 0.1) is 6.92 Å². The van der Waals surface area contributed by atoms with Gasteiger partial charge in [0.05, 0.1) is 5.56 Å². The second kappa shape index (κ2) is 6.48. The van der Waals surface area contributed by atoms with Crippen LogP contribution in [0.4, 0.5) is 11.5 Å². The number of carbonyl (C=O) groups is 1. The maximum Gasteiger partial charge on any atom is 0.257 e. The van der Waals surface area contributed by atoms with E-state index in [2.05, 4.69) is 52.3 Å². The van der Waals surface area contributed by atoms with Gasteiger partial charge in [-0.05, 0) is 57.5 Å². The predicted molar refractivity (Wildman–Crippen MR) is 94.4 cm³/mol. The fourth-order valence-electron chi connectivity index (χ4n) is 1.86. The molecule has 0 radical (unpaired) electrons. The zero-order valence-electron chi connectivity index (χ0n) is 13.2. The minimum absolute atomic E-state index is 0.0645. The largest absolute Gasteiger partial charge is 0.365 e. The van der Waals surface area contributed by atoms with E-state index in [-0.39, 0.29) is 11.4 Å². The van der Waals surface area contributed by atoms with Crippen LogP contribution in [0.25, 0.3) is 0 Å².